The van der Waals surface area contributed by atoms with Gasteiger partial charge in [0.2, 0.25) is 11.8 Å². The first kappa shape index (κ1) is 41.5. The van der Waals surface area contributed by atoms with Crippen molar-refractivity contribution in [1.82, 2.24) is 40.4 Å². The summed E-state index contributed by atoms with van der Waals surface area (Å²) in [5.41, 5.74) is 6.57. The summed E-state index contributed by atoms with van der Waals surface area (Å²) in [5, 5.41) is 15.8. The maximum absolute atomic E-state index is 14.3. The fourth-order valence-corrected chi connectivity index (χ4v) is 10.4. The molecule has 4 N–H and O–H groups in total. The van der Waals surface area contributed by atoms with E-state index in [1.54, 1.807) is 6.20 Å². The number of methoxy groups -OCH3 is 2. The number of rotatable bonds is 11. The fourth-order valence-electron chi connectivity index (χ4n) is 10.4. The summed E-state index contributed by atoms with van der Waals surface area (Å²) in [6.07, 6.45) is 7.58. The summed E-state index contributed by atoms with van der Waals surface area (Å²) in [6.45, 7) is 2.14. The van der Waals surface area contributed by atoms with Crippen LogP contribution < -0.4 is 10.6 Å². The van der Waals surface area contributed by atoms with E-state index in [4.69, 9.17) is 28.9 Å². The summed E-state index contributed by atoms with van der Waals surface area (Å²) in [7, 11) is 2.59. The Kier molecular flexibility index (Phi) is 11.2. The maximum atomic E-state index is 14.3. The number of ether oxygens (including phenoxy) is 4. The molecule has 2 aromatic carbocycles. The van der Waals surface area contributed by atoms with Crippen molar-refractivity contribution in [3.63, 3.8) is 0 Å². The van der Waals surface area contributed by atoms with Crippen molar-refractivity contribution in [2.24, 2.45) is 17.8 Å². The van der Waals surface area contributed by atoms with Crippen molar-refractivity contribution in [2.45, 2.75) is 81.2 Å². The molecular weight excluding hydrogens is 819 g/mol. The highest BCUT2D eigenvalue weighted by Gasteiger charge is 2.57. The Morgan fingerprint density at radius 3 is 1.89 bits per heavy atom. The smallest absolute Gasteiger partial charge is 0.407 e. The number of nitriles is 1. The molecule has 2 unspecified atom stereocenters. The minimum Gasteiger partial charge on any atom is -0.453 e. The fraction of sp³-hybridized carbons (Fsp3) is 0.468. The summed E-state index contributed by atoms with van der Waals surface area (Å²) in [5.74, 6) is 1.17. The minimum atomic E-state index is -0.745. The first-order valence-corrected chi connectivity index (χ1v) is 22.2. The molecule has 4 aliphatic heterocycles. The van der Waals surface area contributed by atoms with Crippen LogP contribution in [0.15, 0.2) is 66.4 Å². The zero-order valence-corrected chi connectivity index (χ0v) is 35.7. The number of carbonyl (C=O) groups is 4. The monoisotopic (exact) mass is 869 g/mol. The van der Waals surface area contributed by atoms with E-state index in [-0.39, 0.29) is 53.5 Å². The number of likely N-dealkylation sites (tertiary alicyclic amines) is 2. The number of amides is 4. The predicted molar refractivity (Wildman–Crippen MR) is 230 cm³/mol. The lowest BCUT2D eigenvalue weighted by Crippen LogP contribution is -2.54. The van der Waals surface area contributed by atoms with E-state index in [2.05, 4.69) is 32.7 Å². The van der Waals surface area contributed by atoms with Gasteiger partial charge < -0.3 is 49.3 Å². The van der Waals surface area contributed by atoms with E-state index >= 15 is 0 Å². The predicted octanol–water partition coefficient (Wildman–Crippen LogP) is 5.55. The van der Waals surface area contributed by atoms with E-state index in [0.29, 0.717) is 81.8 Å². The van der Waals surface area contributed by atoms with Crippen LogP contribution in [0, 0.1) is 29.1 Å². The number of nitrogens with zero attached hydrogens (tertiary/aromatic N) is 5. The Bertz CT molecular complexity index is 2500. The van der Waals surface area contributed by atoms with Gasteiger partial charge in [-0.2, -0.15) is 5.26 Å². The average Bonchev–Trinajstić information content (AvgIpc) is 3.96. The maximum Gasteiger partial charge on any atom is 0.407 e. The molecule has 10 rings (SSSR count). The van der Waals surface area contributed by atoms with E-state index in [9.17, 15) is 24.4 Å². The molecule has 2 aliphatic carbocycles. The lowest BCUT2D eigenvalue weighted by Gasteiger charge is -2.35. The van der Waals surface area contributed by atoms with Gasteiger partial charge in [-0.05, 0) is 85.0 Å². The van der Waals surface area contributed by atoms with Gasteiger partial charge in [-0.1, -0.05) is 54.6 Å². The number of aromatic amines is 2. The van der Waals surface area contributed by atoms with Gasteiger partial charge in [0, 0.05) is 38.0 Å². The SMILES string of the molecule is COC(=O)N[C@H](C(=O)N1C2CC2C[C@H]1c1nc(C#N)c(-c2ccc(-c3ccc(-c4cnc([C@@H]5CC6=C[C@H]6N5C(=O)[C@@H](NC(=O)OC)C5CCOCC5)[nH]4)cc3)cc2)[nH]1)C1CCOCC1. The van der Waals surface area contributed by atoms with Crippen LogP contribution in [0.2, 0.25) is 0 Å². The van der Waals surface area contributed by atoms with E-state index in [0.717, 1.165) is 40.8 Å². The van der Waals surface area contributed by atoms with Crippen LogP contribution >= 0.6 is 0 Å². The normalized spacial score (nSPS) is 24.7. The van der Waals surface area contributed by atoms with Gasteiger partial charge in [0.05, 0.1) is 49.9 Å². The number of hydrogen-bond acceptors (Lipinski definition) is 11. The van der Waals surface area contributed by atoms with Crippen LogP contribution in [-0.2, 0) is 28.5 Å². The van der Waals surface area contributed by atoms with Crippen molar-refractivity contribution in [2.75, 3.05) is 40.6 Å². The van der Waals surface area contributed by atoms with Gasteiger partial charge >= 0.3 is 12.2 Å². The van der Waals surface area contributed by atoms with Crippen molar-refractivity contribution < 1.29 is 38.1 Å². The Morgan fingerprint density at radius 1 is 0.750 bits per heavy atom. The van der Waals surface area contributed by atoms with Crippen LogP contribution in [0.5, 0.6) is 0 Å². The first-order chi connectivity index (χ1) is 31.2. The summed E-state index contributed by atoms with van der Waals surface area (Å²) in [4.78, 5) is 73.4. The molecule has 64 heavy (non-hydrogen) atoms. The molecule has 6 aliphatic rings. The van der Waals surface area contributed by atoms with Crippen molar-refractivity contribution >= 4 is 24.0 Å². The number of piperidine rings is 1. The number of alkyl carbamates (subject to hydrolysis) is 2. The number of benzene rings is 2. The van der Waals surface area contributed by atoms with E-state index in [1.165, 1.54) is 19.8 Å². The molecule has 1 saturated carbocycles. The highest BCUT2D eigenvalue weighted by Crippen LogP contribution is 2.54. The van der Waals surface area contributed by atoms with Gasteiger partial charge in [0.25, 0.3) is 0 Å². The highest BCUT2D eigenvalue weighted by atomic mass is 16.5. The third-order valence-corrected chi connectivity index (χ3v) is 14.0. The standard InChI is InChI=1S/C47H51N9O8/c1-61-46(59)53-40(29-11-15-63-16-12-29)44(57)55-35-19-31(35)21-37(55)42-49-24-34(51-42)27-7-3-25(4-8-27)26-5-9-28(10-6-26)39-33(23-48)50-43(52-39)38-22-32-20-36(32)56(38)45(58)41(54-47(60)62-2)30-13-17-64-18-14-30/h3-10,19,24,29-30,32,35-38,40-41H,11-18,20-22H2,1-2H3,(H,49,51)(H,50,52)(H,53,59)(H,54,60)/t32?,35-,36?,37+,38+,40+,41+/m1/s1. The molecule has 17 heteroatoms. The summed E-state index contributed by atoms with van der Waals surface area (Å²) in [6, 6.07) is 16.2. The van der Waals surface area contributed by atoms with Crippen LogP contribution in [0.4, 0.5) is 9.59 Å². The van der Waals surface area contributed by atoms with Gasteiger partial charge in [-0.3, -0.25) is 9.59 Å². The molecule has 5 fully saturated rings. The van der Waals surface area contributed by atoms with Crippen molar-refractivity contribution in [3.8, 4) is 39.7 Å². The number of nitrogens with one attached hydrogen (secondary N) is 4. The van der Waals surface area contributed by atoms with Gasteiger partial charge in [-0.15, -0.1) is 0 Å². The quantitative estimate of drug-likeness (QED) is 0.137. The number of imidazole rings is 2. The van der Waals surface area contributed by atoms with E-state index in [1.807, 2.05) is 58.3 Å². The molecule has 0 radical (unpaired) electrons. The second-order valence-corrected chi connectivity index (χ2v) is 17.6. The van der Waals surface area contributed by atoms with Crippen molar-refractivity contribution in [1.29, 1.82) is 5.26 Å². The lowest BCUT2D eigenvalue weighted by atomic mass is 9.90. The highest BCUT2D eigenvalue weighted by molar-refractivity contribution is 5.89. The molecule has 4 saturated heterocycles. The second-order valence-electron chi connectivity index (χ2n) is 17.6. The zero-order chi connectivity index (χ0) is 44.1. The molecule has 7 atom stereocenters. The number of hydrogen-bond donors (Lipinski definition) is 4. The van der Waals surface area contributed by atoms with Crippen LogP contribution in [0.25, 0.3) is 33.6 Å². The second kappa shape index (κ2) is 17.2. The van der Waals surface area contributed by atoms with Crippen molar-refractivity contribution in [3.05, 3.63) is 83.7 Å². The third kappa shape index (κ3) is 7.89. The van der Waals surface area contributed by atoms with Crippen LogP contribution in [-0.4, -0.2) is 119 Å². The molecule has 0 bridgehead atoms. The average molecular weight is 870 g/mol. The Hall–Kier alpha value is -6.51. The zero-order valence-electron chi connectivity index (χ0n) is 35.7. The molecule has 17 nitrogen and oxygen atoms in total. The Morgan fingerprint density at radius 2 is 1.31 bits per heavy atom. The first-order valence-electron chi connectivity index (χ1n) is 22.2. The van der Waals surface area contributed by atoms with Gasteiger partial charge in [0.15, 0.2) is 5.69 Å². The minimum absolute atomic E-state index is 0.0584. The summed E-state index contributed by atoms with van der Waals surface area (Å²) < 4.78 is 20.9. The number of H-pyrrole nitrogens is 2. The topological polar surface area (TPSA) is 217 Å². The molecule has 2 aromatic heterocycles. The Labute approximate surface area is 369 Å². The lowest BCUT2D eigenvalue weighted by molar-refractivity contribution is -0.138. The van der Waals surface area contributed by atoms with Crippen LogP contribution in [0.1, 0.15) is 74.4 Å². The molecular formula is C47H51N9O8. The molecule has 0 spiro atoms. The number of carbonyl (C=O) groups excluding carboxylic acids is 4. The molecule has 332 valence electrons. The summed E-state index contributed by atoms with van der Waals surface area (Å²) >= 11 is 0. The number of fused-ring (bicyclic) bond motifs is 2. The molecule has 4 amide bonds. The van der Waals surface area contributed by atoms with E-state index < -0.39 is 24.3 Å². The third-order valence-electron chi connectivity index (χ3n) is 14.0. The van der Waals surface area contributed by atoms with Gasteiger partial charge in [0.1, 0.15) is 29.8 Å². The number of aromatic nitrogens is 4. The largest absolute Gasteiger partial charge is 0.453 e. The molecule has 4 aromatic rings. The molecule has 6 heterocycles. The van der Waals surface area contributed by atoms with Crippen LogP contribution in [0.3, 0.4) is 0 Å². The van der Waals surface area contributed by atoms with Gasteiger partial charge in [-0.25, -0.2) is 19.6 Å². The Balaban J connectivity index is 0.829.